The number of nitrogens with zero attached hydrogens (tertiary/aromatic N) is 1. The van der Waals surface area contributed by atoms with E-state index in [1.54, 1.807) is 0 Å². The Balaban J connectivity index is 2.34. The first-order valence-corrected chi connectivity index (χ1v) is 5.35. The monoisotopic (exact) mass is 224 g/mol. The molecule has 1 aromatic rings. The molecule has 1 atom stereocenters. The average Bonchev–Trinajstić information content (AvgIpc) is 2.30. The van der Waals surface area contributed by atoms with Gasteiger partial charge in [-0.1, -0.05) is 6.42 Å². The fourth-order valence-corrected chi connectivity index (χ4v) is 2.09. The van der Waals surface area contributed by atoms with Crippen molar-refractivity contribution in [1.29, 1.82) is 0 Å². The molecule has 1 saturated heterocycles. The van der Waals surface area contributed by atoms with Gasteiger partial charge in [-0.05, 0) is 31.5 Å². The predicted octanol–water partition coefficient (Wildman–Crippen LogP) is 2.55. The van der Waals surface area contributed by atoms with Gasteiger partial charge in [0, 0.05) is 11.6 Å². The Morgan fingerprint density at radius 2 is 2.25 bits per heavy atom. The molecule has 1 aliphatic rings. The van der Waals surface area contributed by atoms with Gasteiger partial charge < -0.3 is 5.32 Å². The highest BCUT2D eigenvalue weighted by Crippen LogP contribution is 2.30. The molecule has 0 unspecified atom stereocenters. The molecule has 1 N–H and O–H groups in total. The second-order valence-corrected chi connectivity index (χ2v) is 3.96. The summed E-state index contributed by atoms with van der Waals surface area (Å²) in [5.74, 6) is -0.564. The average molecular weight is 224 g/mol. The first-order valence-electron chi connectivity index (χ1n) is 5.35. The molecular formula is C11H13FN2O2. The molecule has 1 aliphatic heterocycles. The number of piperidine rings is 1. The molecular weight excluding hydrogens is 211 g/mol. The van der Waals surface area contributed by atoms with E-state index in [0.717, 1.165) is 31.9 Å². The maximum atomic E-state index is 12.9. The Hall–Kier alpha value is -1.49. The molecule has 0 amide bonds. The molecule has 0 radical (unpaired) electrons. The van der Waals surface area contributed by atoms with Crippen LogP contribution in [0.1, 0.15) is 30.9 Å². The van der Waals surface area contributed by atoms with Crippen LogP contribution in [0.25, 0.3) is 0 Å². The van der Waals surface area contributed by atoms with Gasteiger partial charge in [-0.2, -0.15) is 0 Å². The van der Waals surface area contributed by atoms with E-state index in [4.69, 9.17) is 0 Å². The van der Waals surface area contributed by atoms with Crippen molar-refractivity contribution in [1.82, 2.24) is 5.32 Å². The zero-order valence-electron chi connectivity index (χ0n) is 8.78. The van der Waals surface area contributed by atoms with Gasteiger partial charge in [-0.3, -0.25) is 10.1 Å². The van der Waals surface area contributed by atoms with Gasteiger partial charge in [0.05, 0.1) is 11.0 Å². The van der Waals surface area contributed by atoms with Crippen molar-refractivity contribution < 1.29 is 9.31 Å². The van der Waals surface area contributed by atoms with Crippen molar-refractivity contribution in [3.8, 4) is 0 Å². The van der Waals surface area contributed by atoms with Crippen LogP contribution in [0.3, 0.4) is 0 Å². The number of rotatable bonds is 2. The van der Waals surface area contributed by atoms with E-state index in [1.807, 2.05) is 0 Å². The number of hydrogen-bond acceptors (Lipinski definition) is 3. The molecule has 2 rings (SSSR count). The lowest BCUT2D eigenvalue weighted by Gasteiger charge is -2.23. The first-order chi connectivity index (χ1) is 7.68. The van der Waals surface area contributed by atoms with Crippen LogP contribution in [0.4, 0.5) is 10.1 Å². The fourth-order valence-electron chi connectivity index (χ4n) is 2.09. The molecule has 1 fully saturated rings. The molecule has 16 heavy (non-hydrogen) atoms. The third kappa shape index (κ3) is 2.19. The van der Waals surface area contributed by atoms with Crippen molar-refractivity contribution in [3.05, 3.63) is 39.7 Å². The maximum Gasteiger partial charge on any atom is 0.277 e. The first kappa shape index (κ1) is 11.0. The summed E-state index contributed by atoms with van der Waals surface area (Å²) < 4.78 is 12.9. The van der Waals surface area contributed by atoms with Crippen LogP contribution in [0, 0.1) is 15.9 Å². The molecule has 5 heteroatoms. The highest BCUT2D eigenvalue weighted by Gasteiger charge is 2.23. The Kier molecular flexibility index (Phi) is 3.14. The van der Waals surface area contributed by atoms with E-state index >= 15 is 0 Å². The highest BCUT2D eigenvalue weighted by molar-refractivity contribution is 5.42. The molecule has 1 heterocycles. The SMILES string of the molecule is O=[N+]([O-])c1cc(F)ccc1[C@@H]1CCCCN1. The third-order valence-electron chi connectivity index (χ3n) is 2.87. The second kappa shape index (κ2) is 4.57. The molecule has 0 spiro atoms. The van der Waals surface area contributed by atoms with E-state index in [1.165, 1.54) is 12.1 Å². The minimum Gasteiger partial charge on any atom is -0.310 e. The lowest BCUT2D eigenvalue weighted by Crippen LogP contribution is -2.27. The third-order valence-corrected chi connectivity index (χ3v) is 2.87. The Morgan fingerprint density at radius 3 is 2.88 bits per heavy atom. The summed E-state index contributed by atoms with van der Waals surface area (Å²) >= 11 is 0. The normalized spacial score (nSPS) is 20.7. The van der Waals surface area contributed by atoms with Gasteiger partial charge in [0.15, 0.2) is 0 Å². The molecule has 86 valence electrons. The van der Waals surface area contributed by atoms with Crippen LogP contribution < -0.4 is 5.32 Å². The maximum absolute atomic E-state index is 12.9. The van der Waals surface area contributed by atoms with Crippen LogP contribution >= 0.6 is 0 Å². The molecule has 1 aromatic carbocycles. The number of benzene rings is 1. The number of nitrogens with one attached hydrogen (secondary N) is 1. The summed E-state index contributed by atoms with van der Waals surface area (Å²) in [6.45, 7) is 0.860. The van der Waals surface area contributed by atoms with Crippen molar-refractivity contribution in [2.45, 2.75) is 25.3 Å². The lowest BCUT2D eigenvalue weighted by molar-refractivity contribution is -0.386. The van der Waals surface area contributed by atoms with E-state index in [-0.39, 0.29) is 11.7 Å². The van der Waals surface area contributed by atoms with E-state index < -0.39 is 10.7 Å². The zero-order valence-corrected chi connectivity index (χ0v) is 8.78. The van der Waals surface area contributed by atoms with Crippen molar-refractivity contribution in [2.24, 2.45) is 0 Å². The quantitative estimate of drug-likeness (QED) is 0.620. The summed E-state index contributed by atoms with van der Waals surface area (Å²) in [6.07, 6.45) is 3.00. The minimum absolute atomic E-state index is 0.0188. The largest absolute Gasteiger partial charge is 0.310 e. The molecule has 0 bridgehead atoms. The summed E-state index contributed by atoms with van der Waals surface area (Å²) in [7, 11) is 0. The number of hydrogen-bond donors (Lipinski definition) is 1. The Labute approximate surface area is 92.6 Å². The predicted molar refractivity (Wildman–Crippen MR) is 57.6 cm³/mol. The van der Waals surface area contributed by atoms with Crippen molar-refractivity contribution >= 4 is 5.69 Å². The molecule has 0 saturated carbocycles. The second-order valence-electron chi connectivity index (χ2n) is 3.96. The summed E-state index contributed by atoms with van der Waals surface area (Å²) in [5.41, 5.74) is 0.463. The standard InChI is InChI=1S/C11H13FN2O2/c12-8-4-5-9(11(7-8)14(15)16)10-3-1-2-6-13-10/h4-5,7,10,13H,1-3,6H2/t10-/m0/s1. The van der Waals surface area contributed by atoms with E-state index in [2.05, 4.69) is 5.32 Å². The number of nitro groups is 1. The topological polar surface area (TPSA) is 55.2 Å². The zero-order chi connectivity index (χ0) is 11.5. The van der Waals surface area contributed by atoms with Crippen LogP contribution in [0.2, 0.25) is 0 Å². The minimum atomic E-state index is -0.564. The highest BCUT2D eigenvalue weighted by atomic mass is 19.1. The molecule has 4 nitrogen and oxygen atoms in total. The van der Waals surface area contributed by atoms with Gasteiger partial charge in [0.1, 0.15) is 5.82 Å². The molecule has 0 aliphatic carbocycles. The van der Waals surface area contributed by atoms with Gasteiger partial charge in [0.2, 0.25) is 0 Å². The van der Waals surface area contributed by atoms with Gasteiger partial charge >= 0.3 is 0 Å². The summed E-state index contributed by atoms with van der Waals surface area (Å²) in [4.78, 5) is 10.3. The fraction of sp³-hybridized carbons (Fsp3) is 0.455. The number of nitro benzene ring substituents is 1. The summed E-state index contributed by atoms with van der Waals surface area (Å²) in [6, 6.07) is 3.76. The van der Waals surface area contributed by atoms with Gasteiger partial charge in [0.25, 0.3) is 5.69 Å². The van der Waals surface area contributed by atoms with Gasteiger partial charge in [-0.25, -0.2) is 4.39 Å². The summed E-state index contributed by atoms with van der Waals surface area (Å²) in [5, 5.41) is 14.1. The van der Waals surface area contributed by atoms with E-state index in [9.17, 15) is 14.5 Å². The van der Waals surface area contributed by atoms with Crippen LogP contribution in [-0.4, -0.2) is 11.5 Å². The lowest BCUT2D eigenvalue weighted by atomic mass is 9.96. The van der Waals surface area contributed by atoms with Crippen molar-refractivity contribution in [2.75, 3.05) is 6.54 Å². The van der Waals surface area contributed by atoms with Crippen LogP contribution in [0.15, 0.2) is 18.2 Å². The van der Waals surface area contributed by atoms with E-state index in [0.29, 0.717) is 5.56 Å². The Morgan fingerprint density at radius 1 is 1.44 bits per heavy atom. The van der Waals surface area contributed by atoms with Crippen LogP contribution in [-0.2, 0) is 0 Å². The van der Waals surface area contributed by atoms with Crippen LogP contribution in [0.5, 0.6) is 0 Å². The van der Waals surface area contributed by atoms with Gasteiger partial charge in [-0.15, -0.1) is 0 Å². The number of halogens is 1. The molecule has 0 aromatic heterocycles. The smallest absolute Gasteiger partial charge is 0.277 e. The Bertz CT molecular complexity index is 403. The van der Waals surface area contributed by atoms with Crippen molar-refractivity contribution in [3.63, 3.8) is 0 Å².